The quantitative estimate of drug-likeness (QED) is 0.324. The van der Waals surface area contributed by atoms with Crippen molar-refractivity contribution >= 4 is 0 Å². The first kappa shape index (κ1) is 25.8. The van der Waals surface area contributed by atoms with Gasteiger partial charge < -0.3 is 14.2 Å². The molecule has 0 unspecified atom stereocenters. The van der Waals surface area contributed by atoms with Crippen molar-refractivity contribution in [3.05, 3.63) is 82.7 Å². The molecular weight excluding hydrogens is 463 g/mol. The number of aryl methyl sites for hydroxylation is 1. The molecule has 4 heteroatoms. The summed E-state index contributed by atoms with van der Waals surface area (Å²) in [6.07, 6.45) is 4.83. The summed E-state index contributed by atoms with van der Waals surface area (Å²) in [5.41, 5.74) is 6.45. The fourth-order valence-corrected chi connectivity index (χ4v) is 6.49. The van der Waals surface area contributed by atoms with Crippen LogP contribution in [-0.4, -0.2) is 14.2 Å². The molecule has 0 radical (unpaired) electrons. The Labute approximate surface area is 221 Å². The highest BCUT2D eigenvalue weighted by atomic mass is 19.1. The van der Waals surface area contributed by atoms with Gasteiger partial charge in [0.15, 0.2) is 0 Å². The van der Waals surface area contributed by atoms with Crippen LogP contribution >= 0.6 is 0 Å². The average molecular weight is 503 g/mol. The third-order valence-corrected chi connectivity index (χ3v) is 8.71. The van der Waals surface area contributed by atoms with Crippen molar-refractivity contribution in [3.8, 4) is 22.6 Å². The second-order valence-corrected chi connectivity index (χ2v) is 12.0. The summed E-state index contributed by atoms with van der Waals surface area (Å²) in [7, 11) is 3.31. The number of ether oxygens (including phenoxy) is 3. The maximum absolute atomic E-state index is 15.0. The fraction of sp³-hybridized carbons (Fsp3) is 0.455. The van der Waals surface area contributed by atoms with E-state index in [0.717, 1.165) is 28.4 Å². The van der Waals surface area contributed by atoms with Gasteiger partial charge in [0.05, 0.1) is 13.2 Å². The molecule has 3 atom stereocenters. The van der Waals surface area contributed by atoms with Gasteiger partial charge in [0.2, 0.25) is 0 Å². The molecule has 196 valence electrons. The van der Waals surface area contributed by atoms with Crippen LogP contribution in [0.15, 0.2) is 54.6 Å². The zero-order valence-corrected chi connectivity index (χ0v) is 23.0. The smallest absolute Gasteiger partial charge is 0.131 e. The van der Waals surface area contributed by atoms with Crippen LogP contribution in [0.2, 0.25) is 0 Å². The monoisotopic (exact) mass is 502 g/mol. The molecule has 0 amide bonds. The van der Waals surface area contributed by atoms with E-state index in [-0.39, 0.29) is 17.3 Å². The van der Waals surface area contributed by atoms with Gasteiger partial charge in [-0.25, -0.2) is 4.39 Å². The third-order valence-electron chi connectivity index (χ3n) is 8.71. The molecule has 0 aliphatic heterocycles. The average Bonchev–Trinajstić information content (AvgIpc) is 3.28. The van der Waals surface area contributed by atoms with Gasteiger partial charge in [0.1, 0.15) is 23.9 Å². The van der Waals surface area contributed by atoms with Crippen LogP contribution in [0.3, 0.4) is 0 Å². The predicted octanol–water partition coefficient (Wildman–Crippen LogP) is 8.43. The maximum Gasteiger partial charge on any atom is 0.131 e. The topological polar surface area (TPSA) is 27.7 Å². The molecule has 0 N–H and O–H groups in total. The summed E-state index contributed by atoms with van der Waals surface area (Å²) < 4.78 is 32.7. The van der Waals surface area contributed by atoms with Crippen LogP contribution in [-0.2, 0) is 23.2 Å². The van der Waals surface area contributed by atoms with Gasteiger partial charge in [-0.05, 0) is 107 Å². The lowest BCUT2D eigenvalue weighted by Crippen LogP contribution is -2.40. The minimum absolute atomic E-state index is 0.188. The molecule has 37 heavy (non-hydrogen) atoms. The molecule has 3 nitrogen and oxygen atoms in total. The molecule has 5 rings (SSSR count). The SMILES string of the molecule is COc1ccc(F)c(-c2ccc(COc3ccc4c(c3)[C@@]3(CC4)CC[C@@H]3C)cc2[C@@H](OC)C(C)(C)C)c1. The number of benzene rings is 3. The summed E-state index contributed by atoms with van der Waals surface area (Å²) in [6, 6.07) is 17.6. The fourth-order valence-electron chi connectivity index (χ4n) is 6.49. The van der Waals surface area contributed by atoms with E-state index in [0.29, 0.717) is 23.3 Å². The van der Waals surface area contributed by atoms with E-state index in [2.05, 4.69) is 52.0 Å². The van der Waals surface area contributed by atoms with Crippen molar-refractivity contribution in [2.45, 2.75) is 71.5 Å². The Hall–Kier alpha value is -2.85. The number of fused-ring (bicyclic) bond motifs is 2. The number of hydrogen-bond acceptors (Lipinski definition) is 3. The van der Waals surface area contributed by atoms with E-state index in [1.54, 1.807) is 26.4 Å². The second kappa shape index (κ2) is 9.79. The summed E-state index contributed by atoms with van der Waals surface area (Å²) in [5.74, 6) is 2.00. The number of hydrogen-bond donors (Lipinski definition) is 0. The minimum atomic E-state index is -0.285. The van der Waals surface area contributed by atoms with Gasteiger partial charge in [-0.15, -0.1) is 0 Å². The van der Waals surface area contributed by atoms with Crippen molar-refractivity contribution < 1.29 is 18.6 Å². The van der Waals surface area contributed by atoms with Crippen molar-refractivity contribution in [2.75, 3.05) is 14.2 Å². The van der Waals surface area contributed by atoms with E-state index in [1.165, 1.54) is 42.9 Å². The Morgan fingerprint density at radius 2 is 1.73 bits per heavy atom. The molecule has 3 aromatic rings. The minimum Gasteiger partial charge on any atom is -0.497 e. The molecule has 0 bridgehead atoms. The van der Waals surface area contributed by atoms with Gasteiger partial charge in [-0.2, -0.15) is 0 Å². The van der Waals surface area contributed by atoms with E-state index < -0.39 is 0 Å². The van der Waals surface area contributed by atoms with Crippen molar-refractivity contribution in [1.29, 1.82) is 0 Å². The highest BCUT2D eigenvalue weighted by Gasteiger charge is 2.49. The molecule has 1 fully saturated rings. The van der Waals surface area contributed by atoms with Gasteiger partial charge in [0.25, 0.3) is 0 Å². The number of rotatable bonds is 7. The Morgan fingerprint density at radius 1 is 0.946 bits per heavy atom. The summed E-state index contributed by atoms with van der Waals surface area (Å²) in [6.45, 7) is 9.24. The maximum atomic E-state index is 15.0. The van der Waals surface area contributed by atoms with Crippen LogP contribution in [0, 0.1) is 17.2 Å². The predicted molar refractivity (Wildman–Crippen MR) is 147 cm³/mol. The zero-order chi connectivity index (χ0) is 26.4. The Bertz CT molecular complexity index is 1290. The summed E-state index contributed by atoms with van der Waals surface area (Å²) in [5, 5.41) is 0. The molecule has 1 saturated carbocycles. The first-order chi connectivity index (χ1) is 17.7. The molecule has 0 aromatic heterocycles. The van der Waals surface area contributed by atoms with Crippen LogP contribution in [0.1, 0.15) is 75.3 Å². The van der Waals surface area contributed by atoms with E-state index >= 15 is 4.39 Å². The highest BCUT2D eigenvalue weighted by molar-refractivity contribution is 5.70. The zero-order valence-electron chi connectivity index (χ0n) is 23.0. The standard InChI is InChI=1S/C33H39FO3/c1-21-13-15-33(21)16-14-23-8-9-25(19-29(23)33)37-20-22-7-11-26(27-18-24(35-5)10-12-30(27)34)28(17-22)31(36-6)32(2,3)4/h7-12,17-19,21,31H,13-16,20H2,1-6H3/t21-,31+,33+/m0/s1. The van der Waals surface area contributed by atoms with E-state index in [4.69, 9.17) is 14.2 Å². The van der Waals surface area contributed by atoms with Gasteiger partial charge in [0, 0.05) is 12.7 Å². The third kappa shape index (κ3) is 4.65. The van der Waals surface area contributed by atoms with Gasteiger partial charge >= 0.3 is 0 Å². The van der Waals surface area contributed by atoms with Crippen LogP contribution < -0.4 is 9.47 Å². The molecule has 0 heterocycles. The number of methoxy groups -OCH3 is 2. The van der Waals surface area contributed by atoms with Crippen LogP contribution in [0.25, 0.3) is 11.1 Å². The molecule has 3 aromatic carbocycles. The van der Waals surface area contributed by atoms with Crippen molar-refractivity contribution in [2.24, 2.45) is 11.3 Å². The highest BCUT2D eigenvalue weighted by Crippen LogP contribution is 2.56. The lowest BCUT2D eigenvalue weighted by molar-refractivity contribution is 0.0155. The Morgan fingerprint density at radius 3 is 2.38 bits per heavy atom. The Balaban J connectivity index is 1.47. The molecule has 2 aliphatic rings. The molecule has 0 saturated heterocycles. The Kier molecular flexibility index (Phi) is 6.83. The first-order valence-corrected chi connectivity index (χ1v) is 13.4. The van der Waals surface area contributed by atoms with E-state index in [9.17, 15) is 0 Å². The summed E-state index contributed by atoms with van der Waals surface area (Å²) in [4.78, 5) is 0. The normalized spacial score (nSPS) is 21.4. The van der Waals surface area contributed by atoms with Crippen LogP contribution in [0.5, 0.6) is 11.5 Å². The number of halogens is 1. The largest absolute Gasteiger partial charge is 0.497 e. The molecule has 1 spiro atoms. The van der Waals surface area contributed by atoms with Crippen molar-refractivity contribution in [3.63, 3.8) is 0 Å². The summed E-state index contributed by atoms with van der Waals surface area (Å²) >= 11 is 0. The molecule has 2 aliphatic carbocycles. The molecular formula is C33H39FO3. The van der Waals surface area contributed by atoms with Gasteiger partial charge in [-0.3, -0.25) is 0 Å². The van der Waals surface area contributed by atoms with Crippen molar-refractivity contribution in [1.82, 2.24) is 0 Å². The van der Waals surface area contributed by atoms with Gasteiger partial charge in [-0.1, -0.05) is 45.9 Å². The lowest BCUT2D eigenvalue weighted by Gasteiger charge is -2.46. The second-order valence-electron chi connectivity index (χ2n) is 12.0. The van der Waals surface area contributed by atoms with E-state index in [1.807, 2.05) is 12.1 Å². The first-order valence-electron chi connectivity index (χ1n) is 13.4. The van der Waals surface area contributed by atoms with Crippen LogP contribution in [0.4, 0.5) is 4.39 Å². The lowest BCUT2D eigenvalue weighted by atomic mass is 9.58.